The molecule has 0 aromatic carbocycles. The number of carbonyl (C=O) groups excluding carboxylic acids is 1. The fraction of sp³-hybridized carbons (Fsp3) is 0.500. The van der Waals surface area contributed by atoms with Crippen LogP contribution in [0.3, 0.4) is 0 Å². The van der Waals surface area contributed by atoms with Crippen LogP contribution in [0, 0.1) is 16.7 Å². The summed E-state index contributed by atoms with van der Waals surface area (Å²) in [4.78, 5) is 19.5. The zero-order chi connectivity index (χ0) is 13.0. The number of hydrogen-bond acceptors (Lipinski definition) is 6. The zero-order valence-electron chi connectivity index (χ0n) is 10.0. The number of nitrogens with zero attached hydrogens (tertiary/aromatic N) is 3. The topological polar surface area (TPSA) is 75.9 Å². The smallest absolute Gasteiger partial charge is 0.306 e. The van der Waals surface area contributed by atoms with E-state index in [4.69, 9.17) is 10.00 Å². The molecule has 1 heterocycles. The fourth-order valence-electron chi connectivity index (χ4n) is 1.62. The fourth-order valence-corrected chi connectivity index (χ4v) is 2.74. The quantitative estimate of drug-likeness (QED) is 0.458. The molecule has 0 radical (unpaired) electrons. The van der Waals surface area contributed by atoms with Gasteiger partial charge in [-0.3, -0.25) is 4.79 Å². The number of esters is 1. The predicted molar refractivity (Wildman–Crippen MR) is 65.8 cm³/mol. The average molecular weight is 263 g/mol. The highest BCUT2D eigenvalue weighted by Crippen LogP contribution is 2.51. The summed E-state index contributed by atoms with van der Waals surface area (Å²) in [5, 5.41) is 9.33. The molecule has 18 heavy (non-hydrogen) atoms. The van der Waals surface area contributed by atoms with Crippen LogP contribution in [-0.2, 0) is 9.53 Å². The van der Waals surface area contributed by atoms with E-state index in [9.17, 15) is 4.79 Å². The van der Waals surface area contributed by atoms with Gasteiger partial charge in [-0.05, 0) is 24.3 Å². The number of thioether (sulfide) groups is 1. The van der Waals surface area contributed by atoms with Gasteiger partial charge in [0.25, 0.3) is 0 Å². The Kier molecular flexibility index (Phi) is 3.82. The van der Waals surface area contributed by atoms with Gasteiger partial charge in [0.2, 0.25) is 0 Å². The van der Waals surface area contributed by atoms with Crippen LogP contribution in [0.4, 0.5) is 0 Å². The molecule has 1 fully saturated rings. The van der Waals surface area contributed by atoms with Crippen molar-refractivity contribution >= 4 is 17.7 Å². The van der Waals surface area contributed by atoms with Crippen LogP contribution in [-0.4, -0.2) is 28.8 Å². The molecule has 2 rings (SSSR count). The summed E-state index contributed by atoms with van der Waals surface area (Å²) in [6.07, 6.45) is 4.10. The Labute approximate surface area is 110 Å². The van der Waals surface area contributed by atoms with Gasteiger partial charge >= 0.3 is 5.97 Å². The van der Waals surface area contributed by atoms with E-state index in [1.807, 2.05) is 6.07 Å². The van der Waals surface area contributed by atoms with Gasteiger partial charge in [0.05, 0.1) is 13.5 Å². The Morgan fingerprint density at radius 3 is 3.06 bits per heavy atom. The summed E-state index contributed by atoms with van der Waals surface area (Å²) in [5.74, 6) is 0.622. The summed E-state index contributed by atoms with van der Waals surface area (Å²) in [6, 6.07) is 3.56. The maximum atomic E-state index is 11.3. The van der Waals surface area contributed by atoms with Gasteiger partial charge in [0.15, 0.2) is 5.16 Å². The van der Waals surface area contributed by atoms with Crippen LogP contribution in [0.5, 0.6) is 0 Å². The number of carbonyl (C=O) groups is 1. The third-order valence-electron chi connectivity index (χ3n) is 2.96. The number of nitriles is 1. The highest BCUT2D eigenvalue weighted by molar-refractivity contribution is 7.99. The summed E-state index contributed by atoms with van der Waals surface area (Å²) in [7, 11) is 1.41. The van der Waals surface area contributed by atoms with E-state index in [-0.39, 0.29) is 11.4 Å². The molecule has 0 atom stereocenters. The molecule has 0 saturated heterocycles. The second-order valence-corrected chi connectivity index (χ2v) is 5.32. The first kappa shape index (κ1) is 12.8. The van der Waals surface area contributed by atoms with Crippen molar-refractivity contribution in [2.75, 3.05) is 12.9 Å². The maximum absolute atomic E-state index is 11.3. The van der Waals surface area contributed by atoms with E-state index < -0.39 is 0 Å². The molecule has 0 N–H and O–H groups in total. The van der Waals surface area contributed by atoms with E-state index in [0.29, 0.717) is 17.3 Å². The van der Waals surface area contributed by atoms with Crippen molar-refractivity contribution < 1.29 is 9.53 Å². The molecule has 94 valence electrons. The molecule has 0 amide bonds. The summed E-state index contributed by atoms with van der Waals surface area (Å²) in [6.45, 7) is 0. The minimum atomic E-state index is -0.167. The van der Waals surface area contributed by atoms with Crippen molar-refractivity contribution in [2.45, 2.75) is 24.4 Å². The Morgan fingerprint density at radius 1 is 1.67 bits per heavy atom. The van der Waals surface area contributed by atoms with Crippen LogP contribution in [0.15, 0.2) is 17.4 Å². The molecular formula is C12H13N3O2S. The van der Waals surface area contributed by atoms with Gasteiger partial charge in [-0.15, -0.1) is 0 Å². The van der Waals surface area contributed by atoms with Gasteiger partial charge in [0, 0.05) is 11.9 Å². The molecule has 0 bridgehead atoms. The van der Waals surface area contributed by atoms with Crippen LogP contribution in [0.2, 0.25) is 0 Å². The largest absolute Gasteiger partial charge is 0.469 e. The Bertz CT molecular complexity index is 494. The average Bonchev–Trinajstić information content (AvgIpc) is 3.17. The predicted octanol–water partition coefficient (Wildman–Crippen LogP) is 1.78. The van der Waals surface area contributed by atoms with Crippen molar-refractivity contribution in [3.05, 3.63) is 18.0 Å². The molecule has 1 aliphatic rings. The molecule has 0 unspecified atom stereocenters. The summed E-state index contributed by atoms with van der Waals surface area (Å²) < 4.78 is 4.69. The summed E-state index contributed by atoms with van der Waals surface area (Å²) in [5.41, 5.74) is 0.411. The molecule has 1 aliphatic carbocycles. The van der Waals surface area contributed by atoms with Crippen molar-refractivity contribution in [1.29, 1.82) is 5.26 Å². The monoisotopic (exact) mass is 263 g/mol. The maximum Gasteiger partial charge on any atom is 0.306 e. The highest BCUT2D eigenvalue weighted by atomic mass is 32.2. The van der Waals surface area contributed by atoms with E-state index in [2.05, 4.69) is 9.97 Å². The molecule has 0 aliphatic heterocycles. The number of ether oxygens (including phenoxy) is 1. The van der Waals surface area contributed by atoms with E-state index >= 15 is 0 Å². The Balaban J connectivity index is 1.91. The van der Waals surface area contributed by atoms with Crippen LogP contribution in [0.1, 0.15) is 25.0 Å². The molecule has 1 aromatic rings. The molecule has 5 nitrogen and oxygen atoms in total. The summed E-state index contributed by atoms with van der Waals surface area (Å²) >= 11 is 1.49. The number of methoxy groups -OCH3 is 1. The third kappa shape index (κ3) is 3.20. The SMILES string of the molecule is COC(=O)CC1(CSc2nccc(C#N)n2)CC1. The first-order chi connectivity index (χ1) is 8.67. The minimum Gasteiger partial charge on any atom is -0.469 e. The van der Waals surface area contributed by atoms with Gasteiger partial charge < -0.3 is 4.74 Å². The molecular weight excluding hydrogens is 250 g/mol. The lowest BCUT2D eigenvalue weighted by Gasteiger charge is -2.11. The molecule has 6 heteroatoms. The van der Waals surface area contributed by atoms with Crippen LogP contribution < -0.4 is 0 Å². The third-order valence-corrected chi connectivity index (χ3v) is 4.17. The lowest BCUT2D eigenvalue weighted by molar-refractivity contribution is -0.141. The molecule has 1 aromatic heterocycles. The van der Waals surface area contributed by atoms with E-state index in [1.54, 1.807) is 12.3 Å². The van der Waals surface area contributed by atoms with Gasteiger partial charge in [-0.2, -0.15) is 5.26 Å². The lowest BCUT2D eigenvalue weighted by Crippen LogP contribution is -2.13. The number of hydrogen-bond donors (Lipinski definition) is 0. The first-order valence-electron chi connectivity index (χ1n) is 5.60. The Hall–Kier alpha value is -1.61. The first-order valence-corrected chi connectivity index (χ1v) is 6.59. The minimum absolute atomic E-state index is 0.0454. The van der Waals surface area contributed by atoms with Gasteiger partial charge in [0.1, 0.15) is 11.8 Å². The van der Waals surface area contributed by atoms with Crippen molar-refractivity contribution in [3.63, 3.8) is 0 Å². The van der Waals surface area contributed by atoms with Crippen molar-refractivity contribution in [1.82, 2.24) is 9.97 Å². The van der Waals surface area contributed by atoms with Crippen molar-refractivity contribution in [2.24, 2.45) is 5.41 Å². The van der Waals surface area contributed by atoms with E-state index in [0.717, 1.165) is 18.6 Å². The van der Waals surface area contributed by atoms with Gasteiger partial charge in [-0.25, -0.2) is 9.97 Å². The molecule has 0 spiro atoms. The number of aromatic nitrogens is 2. The van der Waals surface area contributed by atoms with E-state index in [1.165, 1.54) is 18.9 Å². The highest BCUT2D eigenvalue weighted by Gasteiger charge is 2.44. The second-order valence-electron chi connectivity index (χ2n) is 4.38. The standard InChI is InChI=1S/C12H13N3O2S/c1-17-10(16)6-12(3-4-12)8-18-11-14-5-2-9(7-13)15-11/h2,5H,3-4,6,8H2,1H3. The van der Waals surface area contributed by atoms with Crippen LogP contribution in [0.25, 0.3) is 0 Å². The normalized spacial score (nSPS) is 15.8. The van der Waals surface area contributed by atoms with Gasteiger partial charge in [-0.1, -0.05) is 11.8 Å². The van der Waals surface area contributed by atoms with Crippen LogP contribution >= 0.6 is 11.8 Å². The number of rotatable bonds is 5. The molecule has 1 saturated carbocycles. The zero-order valence-corrected chi connectivity index (χ0v) is 10.9. The van der Waals surface area contributed by atoms with Crippen molar-refractivity contribution in [3.8, 4) is 6.07 Å². The second kappa shape index (κ2) is 5.36. The lowest BCUT2D eigenvalue weighted by atomic mass is 10.1. The Morgan fingerprint density at radius 2 is 2.44 bits per heavy atom.